The lowest BCUT2D eigenvalue weighted by Crippen LogP contribution is -2.37. The van der Waals surface area contributed by atoms with Crippen LogP contribution in [0.25, 0.3) is 0 Å². The van der Waals surface area contributed by atoms with Crippen molar-refractivity contribution in [2.45, 2.75) is 143 Å². The molecule has 0 radical (unpaired) electrons. The molecule has 0 amide bonds. The molecule has 2 nitrogen and oxygen atoms in total. The lowest BCUT2D eigenvalue weighted by atomic mass is 10.0. The number of rotatable bonds is 24. The van der Waals surface area contributed by atoms with Crippen LogP contribution < -0.4 is 0 Å². The molecule has 0 saturated heterocycles. The molecule has 2 heteroatoms. The molecular weight excluding hydrogens is 376 g/mol. The molecule has 184 valence electrons. The quantitative estimate of drug-likeness (QED) is 0.0847. The SMILES string of the molecule is C=C(C)CCCCCCN(CCCCCCCCCCCCCCCC)N(C)/C=C\C. The lowest BCUT2D eigenvalue weighted by molar-refractivity contribution is 0.0426. The van der Waals surface area contributed by atoms with Gasteiger partial charge in [-0.05, 0) is 39.5 Å². The van der Waals surface area contributed by atoms with Gasteiger partial charge in [-0.2, -0.15) is 0 Å². The topological polar surface area (TPSA) is 6.48 Å². The van der Waals surface area contributed by atoms with Crippen LogP contribution in [0.15, 0.2) is 24.4 Å². The Morgan fingerprint density at radius 2 is 1.03 bits per heavy atom. The largest absolute Gasteiger partial charge is 0.316 e. The molecule has 0 N–H and O–H groups in total. The normalized spacial score (nSPS) is 11.6. The predicted molar refractivity (Wildman–Crippen MR) is 142 cm³/mol. The summed E-state index contributed by atoms with van der Waals surface area (Å²) >= 11 is 0. The van der Waals surface area contributed by atoms with Gasteiger partial charge in [0.25, 0.3) is 0 Å². The van der Waals surface area contributed by atoms with E-state index in [-0.39, 0.29) is 0 Å². The third-order valence-corrected chi connectivity index (χ3v) is 6.35. The lowest BCUT2D eigenvalue weighted by Gasteiger charge is -2.31. The van der Waals surface area contributed by atoms with Crippen molar-refractivity contribution < 1.29 is 0 Å². The molecule has 0 fully saturated rings. The molecule has 0 saturated carbocycles. The summed E-state index contributed by atoms with van der Waals surface area (Å²) in [5, 5.41) is 4.84. The van der Waals surface area contributed by atoms with Crippen molar-refractivity contribution in [2.24, 2.45) is 0 Å². The van der Waals surface area contributed by atoms with E-state index in [1.807, 2.05) is 0 Å². The second kappa shape index (κ2) is 23.9. The zero-order valence-corrected chi connectivity index (χ0v) is 22.1. The van der Waals surface area contributed by atoms with Crippen molar-refractivity contribution in [3.8, 4) is 0 Å². The molecule has 0 spiro atoms. The van der Waals surface area contributed by atoms with Gasteiger partial charge in [0.05, 0.1) is 0 Å². The minimum Gasteiger partial charge on any atom is -0.316 e. The summed E-state index contributed by atoms with van der Waals surface area (Å²) in [6.45, 7) is 12.9. The van der Waals surface area contributed by atoms with Crippen LogP contribution in [0.5, 0.6) is 0 Å². The molecule has 0 aromatic rings. The fraction of sp³-hybridized carbons (Fsp3) is 0.862. The number of hydrogen-bond acceptors (Lipinski definition) is 2. The molecule has 0 heterocycles. The molecule has 0 aliphatic carbocycles. The van der Waals surface area contributed by atoms with Crippen LogP contribution in [-0.2, 0) is 0 Å². The molecule has 31 heavy (non-hydrogen) atoms. The van der Waals surface area contributed by atoms with E-state index in [1.165, 1.54) is 141 Å². The third kappa shape index (κ3) is 22.2. The van der Waals surface area contributed by atoms with Crippen molar-refractivity contribution in [3.05, 3.63) is 24.4 Å². The highest BCUT2D eigenvalue weighted by molar-refractivity contribution is 4.87. The van der Waals surface area contributed by atoms with Gasteiger partial charge in [-0.15, -0.1) is 6.58 Å². The first-order valence-electron chi connectivity index (χ1n) is 13.9. The van der Waals surface area contributed by atoms with E-state index in [9.17, 15) is 0 Å². The summed E-state index contributed by atoms with van der Waals surface area (Å²) < 4.78 is 0. The van der Waals surface area contributed by atoms with Gasteiger partial charge in [-0.25, -0.2) is 5.01 Å². The maximum atomic E-state index is 4.01. The first-order valence-corrected chi connectivity index (χ1v) is 13.9. The van der Waals surface area contributed by atoms with Crippen LogP contribution in [-0.4, -0.2) is 30.2 Å². The Balaban J connectivity index is 3.66. The average molecular weight is 435 g/mol. The van der Waals surface area contributed by atoms with E-state index in [0.717, 1.165) is 0 Å². The molecule has 0 rings (SSSR count). The Labute approximate surface area is 197 Å². The molecule has 0 aromatic carbocycles. The Hall–Kier alpha value is -0.760. The highest BCUT2D eigenvalue weighted by Gasteiger charge is 2.07. The highest BCUT2D eigenvalue weighted by Crippen LogP contribution is 2.14. The third-order valence-electron chi connectivity index (χ3n) is 6.35. The van der Waals surface area contributed by atoms with E-state index < -0.39 is 0 Å². The summed E-state index contributed by atoms with van der Waals surface area (Å²) in [7, 11) is 2.20. The number of unbranched alkanes of at least 4 members (excludes halogenated alkanes) is 16. The summed E-state index contributed by atoms with van der Waals surface area (Å²) in [6.07, 6.45) is 30.9. The molecule has 0 unspecified atom stereocenters. The van der Waals surface area contributed by atoms with Gasteiger partial charge < -0.3 is 5.01 Å². The van der Waals surface area contributed by atoms with Crippen molar-refractivity contribution in [2.75, 3.05) is 20.1 Å². The zero-order valence-electron chi connectivity index (χ0n) is 22.1. The van der Waals surface area contributed by atoms with E-state index in [1.54, 1.807) is 0 Å². The van der Waals surface area contributed by atoms with Gasteiger partial charge in [0, 0.05) is 26.3 Å². The fourth-order valence-electron chi connectivity index (χ4n) is 4.30. The number of hydrazine groups is 1. The standard InChI is InChI=1S/C29H58N2/c1-6-8-9-10-11-12-13-14-15-16-17-18-20-23-27-31(30(5)26-7-2)28-24-21-19-22-25-29(3)4/h7,26H,3,6,8-25,27-28H2,1-2,4-5H3/b26-7-. The Morgan fingerprint density at radius 1 is 0.645 bits per heavy atom. The van der Waals surface area contributed by atoms with Crippen molar-refractivity contribution in [1.29, 1.82) is 0 Å². The Morgan fingerprint density at radius 3 is 1.42 bits per heavy atom. The molecular formula is C29H58N2. The molecule has 0 bridgehead atoms. The van der Waals surface area contributed by atoms with Crippen molar-refractivity contribution in [1.82, 2.24) is 10.0 Å². The minimum atomic E-state index is 1.19. The zero-order chi connectivity index (χ0) is 23.0. The van der Waals surface area contributed by atoms with Gasteiger partial charge in [-0.3, -0.25) is 0 Å². The van der Waals surface area contributed by atoms with Crippen LogP contribution in [0.2, 0.25) is 0 Å². The van der Waals surface area contributed by atoms with E-state index in [0.29, 0.717) is 0 Å². The maximum absolute atomic E-state index is 4.01. The van der Waals surface area contributed by atoms with Gasteiger partial charge >= 0.3 is 0 Å². The fourth-order valence-corrected chi connectivity index (χ4v) is 4.30. The van der Waals surface area contributed by atoms with Crippen LogP contribution in [0, 0.1) is 0 Å². The minimum absolute atomic E-state index is 1.19. The van der Waals surface area contributed by atoms with Gasteiger partial charge in [0.2, 0.25) is 0 Å². The van der Waals surface area contributed by atoms with Gasteiger partial charge in [0.15, 0.2) is 0 Å². The Kier molecular flexibility index (Phi) is 23.3. The Bertz CT molecular complexity index is 402. The molecule has 0 aliphatic heterocycles. The first kappa shape index (κ1) is 30.2. The second-order valence-electron chi connectivity index (χ2n) is 9.73. The van der Waals surface area contributed by atoms with Crippen LogP contribution >= 0.6 is 0 Å². The predicted octanol–water partition coefficient (Wildman–Crippen LogP) is 9.68. The molecule has 0 aromatic heterocycles. The van der Waals surface area contributed by atoms with E-state index in [4.69, 9.17) is 0 Å². The van der Waals surface area contributed by atoms with Crippen molar-refractivity contribution in [3.63, 3.8) is 0 Å². The monoisotopic (exact) mass is 434 g/mol. The summed E-state index contributed by atoms with van der Waals surface area (Å²) in [4.78, 5) is 0. The van der Waals surface area contributed by atoms with Crippen molar-refractivity contribution >= 4 is 0 Å². The number of allylic oxidation sites excluding steroid dienone is 2. The average Bonchev–Trinajstić information content (AvgIpc) is 2.74. The molecule has 0 aliphatic rings. The highest BCUT2D eigenvalue weighted by atomic mass is 15.6. The van der Waals surface area contributed by atoms with E-state index >= 15 is 0 Å². The smallest absolute Gasteiger partial charge is 0.0227 e. The molecule has 0 atom stereocenters. The van der Waals surface area contributed by atoms with Gasteiger partial charge in [-0.1, -0.05) is 115 Å². The maximum Gasteiger partial charge on any atom is 0.0227 e. The van der Waals surface area contributed by atoms with Crippen LogP contribution in [0.3, 0.4) is 0 Å². The summed E-state index contributed by atoms with van der Waals surface area (Å²) in [5.41, 5.74) is 1.33. The van der Waals surface area contributed by atoms with Crippen LogP contribution in [0.4, 0.5) is 0 Å². The first-order chi connectivity index (χ1) is 15.1. The van der Waals surface area contributed by atoms with Crippen LogP contribution in [0.1, 0.15) is 143 Å². The second-order valence-corrected chi connectivity index (χ2v) is 9.73. The number of hydrogen-bond donors (Lipinski definition) is 0. The summed E-state index contributed by atoms with van der Waals surface area (Å²) in [5.74, 6) is 0. The summed E-state index contributed by atoms with van der Waals surface area (Å²) in [6, 6.07) is 0. The van der Waals surface area contributed by atoms with E-state index in [2.05, 4.69) is 56.7 Å². The number of nitrogens with zero attached hydrogens (tertiary/aromatic N) is 2. The van der Waals surface area contributed by atoms with Gasteiger partial charge in [0.1, 0.15) is 0 Å².